The molecule has 0 bridgehead atoms. The molecule has 3 N–H and O–H groups in total. The predicted molar refractivity (Wildman–Crippen MR) is 105 cm³/mol. The molecule has 0 aliphatic rings. The Labute approximate surface area is 193 Å². The van der Waals surface area contributed by atoms with E-state index in [-0.39, 0.29) is 30.8 Å². The van der Waals surface area contributed by atoms with Crippen molar-refractivity contribution in [2.24, 2.45) is 16.6 Å². The summed E-state index contributed by atoms with van der Waals surface area (Å²) < 4.78 is 158. The van der Waals surface area contributed by atoms with E-state index in [4.69, 9.17) is 5.73 Å². The average Bonchev–Trinajstić information content (AvgIpc) is 2.61. The lowest BCUT2D eigenvalue weighted by molar-refractivity contribution is -0.341. The lowest BCUT2D eigenvalue weighted by atomic mass is 9.81. The first kappa shape index (κ1) is 32.8. The number of nitrogens with two attached hydrogens (primary N) is 1. The topological polar surface area (TPSA) is 38.0 Å². The molecule has 0 radical (unpaired) electrons. The molecule has 16 heteroatoms. The minimum Gasteiger partial charge on any atom is -0.329 e. The Kier molecular flexibility index (Phi) is 12.6. The minimum atomic E-state index is -5.62. The number of alkyl halides is 12. The van der Waals surface area contributed by atoms with Gasteiger partial charge in [-0.15, -0.1) is 11.8 Å². The number of rotatable bonds is 14. The van der Waals surface area contributed by atoms with Crippen LogP contribution in [0.5, 0.6) is 0 Å². The van der Waals surface area contributed by atoms with Gasteiger partial charge >= 0.3 is 24.7 Å². The van der Waals surface area contributed by atoms with Crippen LogP contribution in [-0.4, -0.2) is 55.2 Å². The second-order valence-electron chi connectivity index (χ2n) is 7.48. The normalized spacial score (nSPS) is 14.7. The third-order valence-corrected chi connectivity index (χ3v) is 6.61. The lowest BCUT2D eigenvalue weighted by Gasteiger charge is -2.37. The third-order valence-electron chi connectivity index (χ3n) is 5.30. The molecule has 0 aromatic rings. The highest BCUT2D eigenvalue weighted by Crippen LogP contribution is 2.54. The van der Waals surface area contributed by atoms with Crippen LogP contribution in [0.2, 0.25) is 0 Å². The van der Waals surface area contributed by atoms with Crippen LogP contribution in [0.4, 0.5) is 52.7 Å². The smallest absolute Gasteiger partial charge is 0.329 e. The van der Waals surface area contributed by atoms with Crippen molar-refractivity contribution in [1.82, 2.24) is 5.32 Å². The van der Waals surface area contributed by atoms with Crippen LogP contribution in [0, 0.1) is 10.8 Å². The van der Waals surface area contributed by atoms with Crippen molar-refractivity contribution in [3.05, 3.63) is 0 Å². The fraction of sp³-hybridized carbons (Fsp3) is 1.00. The summed E-state index contributed by atoms with van der Waals surface area (Å²) in [4.78, 5) is 0. The second kappa shape index (κ2) is 12.7. The van der Waals surface area contributed by atoms with Crippen LogP contribution in [0.25, 0.3) is 0 Å². The first-order valence-corrected chi connectivity index (χ1v) is 11.5. The molecule has 0 saturated heterocycles. The van der Waals surface area contributed by atoms with Gasteiger partial charge in [-0.1, -0.05) is 12.8 Å². The summed E-state index contributed by atoms with van der Waals surface area (Å²) in [6.07, 6.45) is -26.0. The molecule has 0 aromatic carbocycles. The zero-order chi connectivity index (χ0) is 26.2. The van der Waals surface area contributed by atoms with E-state index >= 15 is 0 Å². The van der Waals surface area contributed by atoms with E-state index in [0.717, 1.165) is 11.8 Å². The third kappa shape index (κ3) is 8.44. The average molecular weight is 551 g/mol. The SMILES string of the molecule is NCC(CCCCSCNCC(CCCCS)(C(F)(F)F)C(F)(F)F)(C(F)(F)F)C(F)(F)F. The van der Waals surface area contributed by atoms with Crippen LogP contribution in [0.1, 0.15) is 38.5 Å². The highest BCUT2D eigenvalue weighted by Gasteiger charge is 2.70. The molecule has 0 aliphatic heterocycles. The van der Waals surface area contributed by atoms with Crippen LogP contribution in [0.15, 0.2) is 0 Å². The van der Waals surface area contributed by atoms with Crippen molar-refractivity contribution >= 4 is 24.4 Å². The number of thiol groups is 1. The van der Waals surface area contributed by atoms with Crippen molar-refractivity contribution in [1.29, 1.82) is 0 Å². The van der Waals surface area contributed by atoms with Gasteiger partial charge in [-0.25, -0.2) is 0 Å². The van der Waals surface area contributed by atoms with Crippen molar-refractivity contribution in [2.45, 2.75) is 63.2 Å². The summed E-state index contributed by atoms with van der Waals surface area (Å²) in [5, 5.41) is 2.06. The van der Waals surface area contributed by atoms with Gasteiger partial charge in [0.1, 0.15) is 0 Å². The van der Waals surface area contributed by atoms with Gasteiger partial charge in [-0.3, -0.25) is 0 Å². The molecule has 0 atom stereocenters. The largest absolute Gasteiger partial charge is 0.404 e. The number of thioether (sulfide) groups is 1. The Balaban J connectivity index is 4.80. The number of nitrogens with one attached hydrogen (secondary N) is 1. The molecule has 0 saturated carbocycles. The van der Waals surface area contributed by atoms with Gasteiger partial charge in [0.25, 0.3) is 0 Å². The molecular weight excluding hydrogens is 524 g/mol. The van der Waals surface area contributed by atoms with Gasteiger partial charge in [0.2, 0.25) is 0 Å². The van der Waals surface area contributed by atoms with E-state index in [1.54, 1.807) is 0 Å². The zero-order valence-electron chi connectivity index (χ0n) is 17.2. The predicted octanol–water partition coefficient (Wildman–Crippen LogP) is 6.72. The quantitative estimate of drug-likeness (QED) is 0.0974. The summed E-state index contributed by atoms with van der Waals surface area (Å²) in [5.41, 5.74) is -3.29. The van der Waals surface area contributed by atoms with Crippen LogP contribution in [0.3, 0.4) is 0 Å². The summed E-state index contributed by atoms with van der Waals surface area (Å²) in [6, 6.07) is 0. The van der Waals surface area contributed by atoms with Gasteiger partial charge in [-0.2, -0.15) is 65.3 Å². The van der Waals surface area contributed by atoms with Crippen molar-refractivity contribution in [3.63, 3.8) is 0 Å². The Bertz CT molecular complexity index is 530. The fourth-order valence-corrected chi connectivity index (χ4v) is 4.11. The molecular formula is C17H26F12N2S2. The van der Waals surface area contributed by atoms with Gasteiger partial charge in [0, 0.05) is 19.0 Å². The van der Waals surface area contributed by atoms with E-state index in [0.29, 0.717) is 0 Å². The van der Waals surface area contributed by atoms with E-state index < -0.39 is 73.8 Å². The lowest BCUT2D eigenvalue weighted by Crippen LogP contribution is -2.55. The minimum absolute atomic E-state index is 0.0475. The van der Waals surface area contributed by atoms with Crippen LogP contribution in [-0.2, 0) is 0 Å². The van der Waals surface area contributed by atoms with Gasteiger partial charge < -0.3 is 11.1 Å². The van der Waals surface area contributed by atoms with E-state index in [2.05, 4.69) is 17.9 Å². The second-order valence-corrected chi connectivity index (χ2v) is 9.03. The van der Waals surface area contributed by atoms with Crippen molar-refractivity contribution < 1.29 is 52.7 Å². The molecule has 0 aromatic heterocycles. The Morgan fingerprint density at radius 1 is 0.636 bits per heavy atom. The summed E-state index contributed by atoms with van der Waals surface area (Å²) in [6.45, 7) is -3.16. The maximum atomic E-state index is 13.3. The first-order valence-electron chi connectivity index (χ1n) is 9.69. The maximum absolute atomic E-state index is 13.3. The Morgan fingerprint density at radius 3 is 1.45 bits per heavy atom. The van der Waals surface area contributed by atoms with Gasteiger partial charge in [0.05, 0.1) is 0 Å². The molecule has 200 valence electrons. The molecule has 0 rings (SSSR count). The highest BCUT2D eigenvalue weighted by atomic mass is 32.2. The Morgan fingerprint density at radius 2 is 1.06 bits per heavy atom. The van der Waals surface area contributed by atoms with Crippen molar-refractivity contribution in [3.8, 4) is 0 Å². The Hall–Kier alpha value is -0.220. The molecule has 0 unspecified atom stereocenters. The highest BCUT2D eigenvalue weighted by molar-refractivity contribution is 7.99. The molecule has 0 aliphatic carbocycles. The van der Waals surface area contributed by atoms with Crippen LogP contribution >= 0.6 is 24.4 Å². The monoisotopic (exact) mass is 550 g/mol. The molecule has 0 spiro atoms. The maximum Gasteiger partial charge on any atom is 0.404 e. The standard InChI is InChI=1S/C17H26F12N2S2/c18-14(19,20)12(9-30,15(21,22)23)5-2-4-8-33-11-31-10-13(16(24,25)26,17(27,28)29)6-1-3-7-32/h31-32H,1-11,30H2. The number of unbranched alkanes of at least 4 members (excludes halogenated alkanes) is 2. The molecule has 33 heavy (non-hydrogen) atoms. The molecule has 2 nitrogen and oxygen atoms in total. The zero-order valence-corrected chi connectivity index (χ0v) is 19.0. The van der Waals surface area contributed by atoms with E-state index in [9.17, 15) is 52.7 Å². The first-order chi connectivity index (χ1) is 14.8. The van der Waals surface area contributed by atoms with E-state index in [1.807, 2.05) is 0 Å². The van der Waals surface area contributed by atoms with Crippen molar-refractivity contribution in [2.75, 3.05) is 30.5 Å². The number of halogens is 12. The summed E-state index contributed by atoms with van der Waals surface area (Å²) in [5.74, 6) is -0.363. The van der Waals surface area contributed by atoms with Gasteiger partial charge in [0.15, 0.2) is 10.8 Å². The fourth-order valence-electron chi connectivity index (χ4n) is 3.09. The summed E-state index contributed by atoms with van der Waals surface area (Å²) in [7, 11) is 0. The molecule has 0 amide bonds. The number of hydrogen-bond acceptors (Lipinski definition) is 4. The summed E-state index contributed by atoms with van der Waals surface area (Å²) >= 11 is 4.53. The van der Waals surface area contributed by atoms with Crippen LogP contribution < -0.4 is 11.1 Å². The molecule has 0 fully saturated rings. The molecule has 0 heterocycles. The van der Waals surface area contributed by atoms with Gasteiger partial charge in [-0.05, 0) is 37.2 Å². The number of hydrogen-bond donors (Lipinski definition) is 3. The van der Waals surface area contributed by atoms with E-state index in [1.165, 1.54) is 0 Å².